The molecule has 1 aliphatic rings. The largest absolute Gasteiger partial charge is 0.493 e. The van der Waals surface area contributed by atoms with Crippen molar-refractivity contribution >= 4 is 39.3 Å². The zero-order valence-electron chi connectivity index (χ0n) is 19.3. The van der Waals surface area contributed by atoms with Crippen LogP contribution >= 0.6 is 27.3 Å². The van der Waals surface area contributed by atoms with Crippen LogP contribution in [-0.2, 0) is 9.53 Å². The number of halogens is 1. The highest BCUT2D eigenvalue weighted by atomic mass is 79.9. The maximum Gasteiger partial charge on any atom is 0.338 e. The number of ether oxygens (including phenoxy) is 3. The normalized spacial score (nSPS) is 15.7. The van der Waals surface area contributed by atoms with E-state index in [1.54, 1.807) is 38.1 Å². The molecule has 1 aromatic carbocycles. The molecule has 10 heteroatoms. The van der Waals surface area contributed by atoms with Crippen LogP contribution in [0.4, 0.5) is 0 Å². The van der Waals surface area contributed by atoms with Gasteiger partial charge in [0.1, 0.15) is 11.5 Å². The Kier molecular flexibility index (Phi) is 6.81. The summed E-state index contributed by atoms with van der Waals surface area (Å²) in [5.74, 6) is 1.75. The summed E-state index contributed by atoms with van der Waals surface area (Å²) in [5.41, 5.74) is 1.10. The predicted octanol–water partition coefficient (Wildman–Crippen LogP) is 3.48. The van der Waals surface area contributed by atoms with Gasteiger partial charge in [-0.3, -0.25) is 9.36 Å². The molecule has 3 heterocycles. The van der Waals surface area contributed by atoms with E-state index < -0.39 is 12.0 Å². The Morgan fingerprint density at radius 2 is 1.94 bits per heavy atom. The van der Waals surface area contributed by atoms with Crippen LogP contribution in [0.2, 0.25) is 0 Å². The second kappa shape index (κ2) is 9.63. The summed E-state index contributed by atoms with van der Waals surface area (Å²) >= 11 is 4.82. The lowest BCUT2D eigenvalue weighted by molar-refractivity contribution is -0.139. The number of aryl methyl sites for hydroxylation is 1. The lowest BCUT2D eigenvalue weighted by Crippen LogP contribution is -2.40. The minimum Gasteiger partial charge on any atom is -0.493 e. The zero-order valence-corrected chi connectivity index (χ0v) is 21.7. The minimum atomic E-state index is -0.787. The summed E-state index contributed by atoms with van der Waals surface area (Å²) in [5, 5.41) is 0. The standard InChI is InChI=1S/C24H23BrN2O6S/c1-6-32-23(29)20-13(3)26-24-27(22(28)19(34-24)9-14-8-7-12(2)33-14)21(20)15-10-17(30-4)18(31-5)11-16(15)25/h7-11,21H,6H2,1-5H3/b19-9-/t21-/m0/s1. The smallest absolute Gasteiger partial charge is 0.338 e. The lowest BCUT2D eigenvalue weighted by atomic mass is 9.95. The van der Waals surface area contributed by atoms with Crippen molar-refractivity contribution in [3.8, 4) is 11.5 Å². The van der Waals surface area contributed by atoms with Crippen LogP contribution in [0.5, 0.6) is 11.5 Å². The summed E-state index contributed by atoms with van der Waals surface area (Å²) in [4.78, 5) is 31.7. The average molecular weight is 547 g/mol. The lowest BCUT2D eigenvalue weighted by Gasteiger charge is -2.26. The van der Waals surface area contributed by atoms with Crippen molar-refractivity contribution in [1.82, 2.24) is 4.57 Å². The maximum atomic E-state index is 13.6. The molecule has 4 rings (SSSR count). The molecule has 0 aliphatic carbocycles. The van der Waals surface area contributed by atoms with E-state index in [9.17, 15) is 9.59 Å². The molecule has 0 saturated heterocycles. The van der Waals surface area contributed by atoms with E-state index in [0.717, 1.165) is 5.76 Å². The van der Waals surface area contributed by atoms with Crippen molar-refractivity contribution in [3.05, 3.63) is 76.8 Å². The molecular formula is C24H23BrN2O6S. The molecule has 0 amide bonds. The van der Waals surface area contributed by atoms with Crippen molar-refractivity contribution in [3.63, 3.8) is 0 Å². The van der Waals surface area contributed by atoms with Gasteiger partial charge in [0.25, 0.3) is 5.56 Å². The molecule has 2 aromatic heterocycles. The Morgan fingerprint density at radius 1 is 1.24 bits per heavy atom. The van der Waals surface area contributed by atoms with Crippen LogP contribution in [0.3, 0.4) is 0 Å². The van der Waals surface area contributed by atoms with E-state index in [4.69, 9.17) is 18.6 Å². The first-order valence-corrected chi connectivity index (χ1v) is 12.1. The van der Waals surface area contributed by atoms with Gasteiger partial charge in [-0.05, 0) is 50.6 Å². The molecule has 0 saturated carbocycles. The van der Waals surface area contributed by atoms with Crippen molar-refractivity contribution in [2.24, 2.45) is 4.99 Å². The van der Waals surface area contributed by atoms with Gasteiger partial charge >= 0.3 is 5.97 Å². The summed E-state index contributed by atoms with van der Waals surface area (Å²) < 4.78 is 24.4. The van der Waals surface area contributed by atoms with Crippen LogP contribution in [0.15, 0.2) is 54.2 Å². The van der Waals surface area contributed by atoms with E-state index in [-0.39, 0.29) is 17.7 Å². The first-order chi connectivity index (χ1) is 16.3. The number of hydrogen-bond acceptors (Lipinski definition) is 8. The first-order valence-electron chi connectivity index (χ1n) is 10.5. The molecule has 0 radical (unpaired) electrons. The number of carbonyl (C=O) groups excluding carboxylic acids is 1. The van der Waals surface area contributed by atoms with E-state index >= 15 is 0 Å². The van der Waals surface area contributed by atoms with Crippen LogP contribution in [0.1, 0.15) is 37.0 Å². The van der Waals surface area contributed by atoms with Crippen molar-refractivity contribution in [1.29, 1.82) is 0 Å². The zero-order chi connectivity index (χ0) is 24.6. The van der Waals surface area contributed by atoms with E-state index in [1.807, 2.05) is 13.0 Å². The number of hydrogen-bond donors (Lipinski definition) is 0. The highest BCUT2D eigenvalue weighted by Crippen LogP contribution is 2.40. The number of benzene rings is 1. The maximum absolute atomic E-state index is 13.6. The molecule has 8 nitrogen and oxygen atoms in total. The molecule has 3 aromatic rings. The quantitative estimate of drug-likeness (QED) is 0.439. The highest BCUT2D eigenvalue weighted by molar-refractivity contribution is 9.10. The minimum absolute atomic E-state index is 0.192. The number of nitrogens with zero attached hydrogens (tertiary/aromatic N) is 2. The number of methoxy groups -OCH3 is 2. The number of rotatable bonds is 6. The molecule has 0 bridgehead atoms. The Hall–Kier alpha value is -3.11. The summed E-state index contributed by atoms with van der Waals surface area (Å²) in [6, 6.07) is 6.33. The van der Waals surface area contributed by atoms with Crippen molar-refractivity contribution in [2.75, 3.05) is 20.8 Å². The van der Waals surface area contributed by atoms with Gasteiger partial charge in [0, 0.05) is 10.5 Å². The van der Waals surface area contributed by atoms with E-state index in [1.165, 1.54) is 30.1 Å². The number of thiazole rings is 1. The van der Waals surface area contributed by atoms with Crippen LogP contribution in [0.25, 0.3) is 6.08 Å². The Morgan fingerprint density at radius 3 is 2.56 bits per heavy atom. The number of fused-ring (bicyclic) bond motifs is 1. The molecule has 0 unspecified atom stereocenters. The topological polar surface area (TPSA) is 92.3 Å². The van der Waals surface area contributed by atoms with Crippen molar-refractivity contribution in [2.45, 2.75) is 26.8 Å². The Balaban J connectivity index is 2.02. The van der Waals surface area contributed by atoms with Gasteiger partial charge in [0.2, 0.25) is 0 Å². The average Bonchev–Trinajstić information content (AvgIpc) is 3.35. The fraction of sp³-hybridized carbons (Fsp3) is 0.292. The monoisotopic (exact) mass is 546 g/mol. The number of furan rings is 1. The number of aromatic nitrogens is 1. The SMILES string of the molecule is CCOC(=O)C1=C(C)N=c2s/c(=C\c3ccc(C)o3)c(=O)n2[C@H]1c1cc(OC)c(OC)cc1Br. The summed E-state index contributed by atoms with van der Waals surface area (Å²) in [6.45, 7) is 5.50. The van der Waals surface area contributed by atoms with Gasteiger partial charge in [0.15, 0.2) is 16.3 Å². The number of allylic oxidation sites excluding steroid dienone is 1. The van der Waals surface area contributed by atoms with Gasteiger partial charge in [0.05, 0.1) is 42.7 Å². The fourth-order valence-electron chi connectivity index (χ4n) is 3.83. The van der Waals surface area contributed by atoms with Gasteiger partial charge < -0.3 is 18.6 Å². The molecule has 1 atom stereocenters. The molecule has 1 aliphatic heterocycles. The highest BCUT2D eigenvalue weighted by Gasteiger charge is 2.35. The predicted molar refractivity (Wildman–Crippen MR) is 131 cm³/mol. The Labute approximate surface area is 207 Å². The third kappa shape index (κ3) is 4.23. The summed E-state index contributed by atoms with van der Waals surface area (Å²) in [7, 11) is 3.07. The number of carbonyl (C=O) groups is 1. The van der Waals surface area contributed by atoms with E-state index in [2.05, 4.69) is 20.9 Å². The fourth-order valence-corrected chi connectivity index (χ4v) is 5.39. The van der Waals surface area contributed by atoms with Gasteiger partial charge in [-0.15, -0.1) is 0 Å². The Bertz CT molecular complexity index is 1480. The molecule has 34 heavy (non-hydrogen) atoms. The molecular weight excluding hydrogens is 524 g/mol. The molecule has 0 spiro atoms. The first kappa shape index (κ1) is 24.0. The second-order valence-corrected chi connectivity index (χ2v) is 9.34. The van der Waals surface area contributed by atoms with Gasteiger partial charge in [-0.25, -0.2) is 9.79 Å². The van der Waals surface area contributed by atoms with Crippen LogP contribution in [-0.4, -0.2) is 31.4 Å². The van der Waals surface area contributed by atoms with Crippen LogP contribution in [0, 0.1) is 6.92 Å². The van der Waals surface area contributed by atoms with Gasteiger partial charge in [-0.1, -0.05) is 27.3 Å². The third-order valence-electron chi connectivity index (χ3n) is 5.35. The molecule has 0 fully saturated rings. The molecule has 0 N–H and O–H groups in total. The summed E-state index contributed by atoms with van der Waals surface area (Å²) in [6.07, 6.45) is 1.68. The third-order valence-corrected chi connectivity index (χ3v) is 7.02. The van der Waals surface area contributed by atoms with Crippen LogP contribution < -0.4 is 24.4 Å². The number of esters is 1. The van der Waals surface area contributed by atoms with Crippen molar-refractivity contribution < 1.29 is 23.4 Å². The second-order valence-electron chi connectivity index (χ2n) is 7.48. The van der Waals surface area contributed by atoms with E-state index in [0.29, 0.717) is 42.3 Å². The molecule has 178 valence electrons. The van der Waals surface area contributed by atoms with Gasteiger partial charge in [-0.2, -0.15) is 0 Å².